The molecule has 0 unspecified atom stereocenters. The first-order valence-corrected chi connectivity index (χ1v) is 13.5. The van der Waals surface area contributed by atoms with Crippen molar-refractivity contribution in [3.8, 4) is 5.75 Å². The highest BCUT2D eigenvalue weighted by atomic mass is 28.4. The van der Waals surface area contributed by atoms with Gasteiger partial charge >= 0.3 is 5.97 Å². The van der Waals surface area contributed by atoms with E-state index in [0.717, 1.165) is 18.4 Å². The molecule has 0 bridgehead atoms. The molecule has 30 heavy (non-hydrogen) atoms. The Kier molecular flexibility index (Phi) is 7.09. The lowest BCUT2D eigenvalue weighted by atomic mass is 10.00. The van der Waals surface area contributed by atoms with Gasteiger partial charge in [-0.1, -0.05) is 20.8 Å². The summed E-state index contributed by atoms with van der Waals surface area (Å²) in [6.45, 7) is 17.8. The molecule has 1 aromatic rings. The fraction of sp³-hybridized carbons (Fsp3) is 0.652. The van der Waals surface area contributed by atoms with Crippen molar-refractivity contribution in [3.05, 3.63) is 23.3 Å². The van der Waals surface area contributed by atoms with Crippen LogP contribution in [-0.4, -0.2) is 46.1 Å². The average molecular weight is 436 g/mol. The van der Waals surface area contributed by atoms with Crippen molar-refractivity contribution >= 4 is 25.9 Å². The molecule has 168 valence electrons. The Balaban J connectivity index is 2.16. The molecule has 1 aliphatic heterocycles. The highest BCUT2D eigenvalue weighted by Crippen LogP contribution is 2.40. The molecule has 6 nitrogen and oxygen atoms in total. The van der Waals surface area contributed by atoms with Crippen LogP contribution in [0, 0.1) is 6.92 Å². The van der Waals surface area contributed by atoms with Crippen LogP contribution in [0.4, 0.5) is 5.69 Å². The first kappa shape index (κ1) is 24.4. The monoisotopic (exact) mass is 435 g/mol. The lowest BCUT2D eigenvalue weighted by molar-refractivity contribution is -0.132. The summed E-state index contributed by atoms with van der Waals surface area (Å²) in [5.74, 6) is 0.0811. The van der Waals surface area contributed by atoms with Gasteiger partial charge in [0.25, 0.3) is 5.91 Å². The fourth-order valence-electron chi connectivity index (χ4n) is 3.18. The Morgan fingerprint density at radius 2 is 1.83 bits per heavy atom. The summed E-state index contributed by atoms with van der Waals surface area (Å²) < 4.78 is 17.1. The number of nitrogens with zero attached hydrogens (tertiary/aromatic N) is 1. The van der Waals surface area contributed by atoms with Crippen LogP contribution in [0.25, 0.3) is 0 Å². The molecular formula is C23H37NO5Si. The minimum Gasteiger partial charge on any atom is -0.476 e. The summed E-state index contributed by atoms with van der Waals surface area (Å²) in [4.78, 5) is 26.9. The first-order valence-electron chi connectivity index (χ1n) is 10.6. The number of fused-ring (bicyclic) bond motifs is 1. The Morgan fingerprint density at radius 1 is 1.20 bits per heavy atom. The van der Waals surface area contributed by atoms with Gasteiger partial charge in [0.2, 0.25) is 0 Å². The quantitative estimate of drug-likeness (QED) is 0.339. The third kappa shape index (κ3) is 5.06. The van der Waals surface area contributed by atoms with Crippen LogP contribution in [-0.2, 0) is 14.0 Å². The van der Waals surface area contributed by atoms with Gasteiger partial charge in [0.1, 0.15) is 5.75 Å². The first-order chi connectivity index (χ1) is 13.7. The van der Waals surface area contributed by atoms with Crippen LogP contribution in [0.3, 0.4) is 0 Å². The number of aryl methyl sites for hydroxylation is 1. The molecule has 1 aliphatic rings. The number of hydrogen-bond donors (Lipinski definition) is 0. The number of methoxy groups -OCH3 is 1. The van der Waals surface area contributed by atoms with Crippen LogP contribution >= 0.6 is 0 Å². The van der Waals surface area contributed by atoms with Crippen molar-refractivity contribution in [1.29, 1.82) is 0 Å². The molecule has 1 amide bonds. The Morgan fingerprint density at radius 3 is 2.40 bits per heavy atom. The minimum absolute atomic E-state index is 0.111. The number of rotatable bonds is 7. The van der Waals surface area contributed by atoms with E-state index < -0.39 is 19.9 Å². The Bertz CT molecular complexity index is 811. The zero-order chi connectivity index (χ0) is 22.9. The molecule has 0 aromatic heterocycles. The molecule has 0 saturated heterocycles. The van der Waals surface area contributed by atoms with Gasteiger partial charge in [-0.05, 0) is 69.4 Å². The lowest BCUT2D eigenvalue weighted by Crippen LogP contribution is -2.53. The summed E-state index contributed by atoms with van der Waals surface area (Å²) in [5.41, 5.74) is 0.867. The summed E-state index contributed by atoms with van der Waals surface area (Å²) in [7, 11) is -0.418. The SMILES string of the molecule is COC(=O)c1cc2c(cc1C)OC(C)(C)C(=O)N2CCCCO[Si](C)(C)C(C)(C)C. The van der Waals surface area contributed by atoms with Crippen LogP contribution in [0.15, 0.2) is 12.1 Å². The summed E-state index contributed by atoms with van der Waals surface area (Å²) >= 11 is 0. The molecule has 0 saturated carbocycles. The largest absolute Gasteiger partial charge is 0.476 e. The molecule has 0 atom stereocenters. The zero-order valence-electron chi connectivity index (χ0n) is 20.0. The van der Waals surface area contributed by atoms with Crippen LogP contribution in [0.2, 0.25) is 18.1 Å². The molecule has 0 N–H and O–H groups in total. The van der Waals surface area contributed by atoms with E-state index in [1.807, 2.05) is 13.0 Å². The van der Waals surface area contributed by atoms with E-state index in [2.05, 4.69) is 33.9 Å². The van der Waals surface area contributed by atoms with Gasteiger partial charge in [0.15, 0.2) is 13.9 Å². The number of hydrogen-bond acceptors (Lipinski definition) is 5. The summed E-state index contributed by atoms with van der Waals surface area (Å²) in [6, 6.07) is 3.51. The summed E-state index contributed by atoms with van der Waals surface area (Å²) in [5, 5.41) is 0.179. The number of ether oxygens (including phenoxy) is 2. The second kappa shape index (κ2) is 8.71. The molecule has 0 aliphatic carbocycles. The van der Waals surface area contributed by atoms with Gasteiger partial charge in [-0.3, -0.25) is 4.79 Å². The predicted octanol–water partition coefficient (Wildman–Crippen LogP) is 5.09. The van der Waals surface area contributed by atoms with Gasteiger partial charge in [-0.25, -0.2) is 4.79 Å². The van der Waals surface area contributed by atoms with E-state index in [-0.39, 0.29) is 10.9 Å². The number of anilines is 1. The molecule has 2 rings (SSSR count). The van der Waals surface area contributed by atoms with E-state index in [4.69, 9.17) is 13.9 Å². The Labute approximate surface area is 182 Å². The maximum Gasteiger partial charge on any atom is 0.338 e. The van der Waals surface area contributed by atoms with Crippen molar-refractivity contribution in [1.82, 2.24) is 0 Å². The van der Waals surface area contributed by atoms with Crippen LogP contribution in [0.5, 0.6) is 5.75 Å². The third-order valence-corrected chi connectivity index (χ3v) is 10.7. The Hall–Kier alpha value is -1.86. The number of esters is 1. The van der Waals surface area contributed by atoms with Crippen molar-refractivity contribution < 1.29 is 23.5 Å². The minimum atomic E-state index is -1.77. The van der Waals surface area contributed by atoms with Gasteiger partial charge in [-0.2, -0.15) is 0 Å². The number of carbonyl (C=O) groups is 2. The molecule has 1 aromatic carbocycles. The standard InChI is InChI=1S/C23H37NO5Si/c1-16-14-19-18(15-17(16)20(25)27-7)24(21(26)23(5,6)29-19)12-10-11-13-28-30(8,9)22(2,3)4/h14-15H,10-13H2,1-9H3. The molecule has 1 heterocycles. The number of benzene rings is 1. The van der Waals surface area contributed by atoms with Crippen molar-refractivity contribution in [3.63, 3.8) is 0 Å². The molecular weight excluding hydrogens is 398 g/mol. The molecule has 0 spiro atoms. The molecule has 0 fully saturated rings. The van der Waals surface area contributed by atoms with Gasteiger partial charge in [0, 0.05) is 13.2 Å². The molecule has 7 heteroatoms. The maximum atomic E-state index is 13.1. The maximum absolute atomic E-state index is 13.1. The van der Waals surface area contributed by atoms with E-state index in [1.54, 1.807) is 24.8 Å². The highest BCUT2D eigenvalue weighted by molar-refractivity contribution is 6.74. The van der Waals surface area contributed by atoms with Crippen molar-refractivity contribution in [2.75, 3.05) is 25.2 Å². The number of carbonyl (C=O) groups excluding carboxylic acids is 2. The van der Waals surface area contributed by atoms with E-state index in [1.165, 1.54) is 7.11 Å². The molecule has 0 radical (unpaired) electrons. The van der Waals surface area contributed by atoms with Crippen LogP contribution in [0.1, 0.15) is 63.4 Å². The van der Waals surface area contributed by atoms with E-state index in [0.29, 0.717) is 30.2 Å². The van der Waals surface area contributed by atoms with Gasteiger partial charge in [0.05, 0.1) is 18.4 Å². The van der Waals surface area contributed by atoms with Crippen molar-refractivity contribution in [2.45, 2.75) is 78.1 Å². The van der Waals surface area contributed by atoms with E-state index in [9.17, 15) is 9.59 Å². The van der Waals surface area contributed by atoms with Gasteiger partial charge in [-0.15, -0.1) is 0 Å². The average Bonchev–Trinajstić information content (AvgIpc) is 2.62. The third-order valence-electron chi connectivity index (χ3n) is 6.17. The van der Waals surface area contributed by atoms with Crippen molar-refractivity contribution in [2.24, 2.45) is 0 Å². The lowest BCUT2D eigenvalue weighted by Gasteiger charge is -2.39. The number of unbranched alkanes of at least 4 members (excludes halogenated alkanes) is 1. The van der Waals surface area contributed by atoms with Gasteiger partial charge < -0.3 is 18.8 Å². The second-order valence-electron chi connectivity index (χ2n) is 10.0. The zero-order valence-corrected chi connectivity index (χ0v) is 21.0. The normalized spacial score (nSPS) is 16.2. The number of amides is 1. The topological polar surface area (TPSA) is 65.1 Å². The van der Waals surface area contributed by atoms with E-state index >= 15 is 0 Å². The second-order valence-corrected chi connectivity index (χ2v) is 14.8. The summed E-state index contributed by atoms with van der Waals surface area (Å²) in [6.07, 6.45) is 1.67. The highest BCUT2D eigenvalue weighted by Gasteiger charge is 2.41. The fourth-order valence-corrected chi connectivity index (χ4v) is 4.27. The smallest absolute Gasteiger partial charge is 0.338 e. The predicted molar refractivity (Wildman–Crippen MR) is 122 cm³/mol. The van der Waals surface area contributed by atoms with Crippen LogP contribution < -0.4 is 9.64 Å².